The average molecular weight is 690 g/mol. The number of ether oxygens (including phenoxy) is 2. The highest BCUT2D eigenvalue weighted by Crippen LogP contribution is 2.48. The third-order valence-corrected chi connectivity index (χ3v) is 8.04. The first-order valence-electron chi connectivity index (χ1n) is 15.0. The fourth-order valence-electron chi connectivity index (χ4n) is 4.65. The van der Waals surface area contributed by atoms with Gasteiger partial charge in [0.25, 0.3) is 0 Å². The first-order chi connectivity index (χ1) is 22.2. The van der Waals surface area contributed by atoms with Gasteiger partial charge in [-0.05, 0) is 87.1 Å². The number of nitrogens with zero attached hydrogens (tertiary/aromatic N) is 4. The first kappa shape index (κ1) is 45.0. The van der Waals surface area contributed by atoms with Crippen LogP contribution in [-0.4, -0.2) is 57.2 Å². The van der Waals surface area contributed by atoms with Crippen LogP contribution in [0.1, 0.15) is 91.0 Å². The van der Waals surface area contributed by atoms with Crippen molar-refractivity contribution in [2.45, 2.75) is 91.0 Å². The minimum Gasteiger partial charge on any atom is -0.481 e. The van der Waals surface area contributed by atoms with Gasteiger partial charge in [0.2, 0.25) is 0 Å². The number of aliphatic carboxylic acids is 1. The van der Waals surface area contributed by atoms with Gasteiger partial charge < -0.3 is 20.3 Å². The number of carbonyl (C=O) groups excluding carboxylic acids is 2. The molecular weight excluding hydrogens is 634 g/mol. The molecule has 0 atom stereocenters. The van der Waals surface area contributed by atoms with E-state index in [1.54, 1.807) is 49.1 Å². The molecule has 0 bridgehead atoms. The van der Waals surface area contributed by atoms with Gasteiger partial charge >= 0.3 is 17.9 Å². The lowest BCUT2D eigenvalue weighted by molar-refractivity contribution is -0.144. The zero-order chi connectivity index (χ0) is 33.0. The van der Waals surface area contributed by atoms with E-state index in [0.717, 1.165) is 55.6 Å². The van der Waals surface area contributed by atoms with E-state index in [2.05, 4.69) is 24.7 Å². The number of aromatic nitrogens is 4. The normalized spacial score (nSPS) is 15.3. The molecule has 4 aromatic rings. The smallest absolute Gasteiger partial charge is 0.317 e. The van der Waals surface area contributed by atoms with Gasteiger partial charge in [-0.2, -0.15) is 0 Å². The Balaban J connectivity index is 0.000000626. The molecule has 3 fully saturated rings. The number of hydrogen-bond donors (Lipinski definition) is 2. The summed E-state index contributed by atoms with van der Waals surface area (Å²) in [6, 6.07) is 22.3. The van der Waals surface area contributed by atoms with Crippen LogP contribution in [0, 0.1) is 0 Å². The molecule has 7 rings (SSSR count). The molecule has 11 heteroatoms. The Hall–Kier alpha value is -5.03. The minimum absolute atomic E-state index is 0. The van der Waals surface area contributed by atoms with E-state index < -0.39 is 16.8 Å². The molecule has 3 aliphatic carbocycles. The molecule has 3 N–H and O–H groups in total. The molecule has 0 aliphatic heterocycles. The van der Waals surface area contributed by atoms with Crippen molar-refractivity contribution < 1.29 is 29.0 Å². The van der Waals surface area contributed by atoms with Gasteiger partial charge in [0.15, 0.2) is 0 Å². The number of carbonyl (C=O) groups is 3. The van der Waals surface area contributed by atoms with E-state index in [0.29, 0.717) is 5.69 Å². The van der Waals surface area contributed by atoms with Crippen LogP contribution in [0.5, 0.6) is 0 Å². The van der Waals surface area contributed by atoms with Crippen LogP contribution in [0.15, 0.2) is 97.6 Å². The summed E-state index contributed by atoms with van der Waals surface area (Å²) in [7, 11) is 2.79. The van der Waals surface area contributed by atoms with Crippen molar-refractivity contribution in [3.8, 4) is 0 Å². The van der Waals surface area contributed by atoms with Crippen LogP contribution in [0.3, 0.4) is 0 Å². The molecule has 4 heterocycles. The number of rotatable bonds is 7. The van der Waals surface area contributed by atoms with Gasteiger partial charge in [0.1, 0.15) is 10.8 Å². The molecule has 0 spiro atoms. The number of esters is 2. The van der Waals surface area contributed by atoms with Gasteiger partial charge in [-0.3, -0.25) is 34.3 Å². The third kappa shape index (κ3) is 11.8. The summed E-state index contributed by atoms with van der Waals surface area (Å²) in [4.78, 5) is 49.4. The maximum absolute atomic E-state index is 11.4. The van der Waals surface area contributed by atoms with Crippen LogP contribution in [-0.2, 0) is 46.6 Å². The second-order valence-corrected chi connectivity index (χ2v) is 11.3. The summed E-state index contributed by atoms with van der Waals surface area (Å²) >= 11 is 0. The highest BCUT2D eigenvalue weighted by molar-refractivity contribution is 5.86. The SMILES string of the molecule is C.C.C.C.COC(=O)C1(c2ccccn2)CC1.COC(=O)Cc1ccccn1.NC1(c2ccccn2)CC1.O=C(O)C1(c2ccccn2)CC1. The molecule has 272 valence electrons. The number of nitrogens with two attached hydrogens (primary N) is 1. The van der Waals surface area contributed by atoms with Crippen LogP contribution >= 0.6 is 0 Å². The van der Waals surface area contributed by atoms with E-state index in [1.807, 2.05) is 48.5 Å². The number of hydrogen-bond acceptors (Lipinski definition) is 10. The Labute approximate surface area is 297 Å². The van der Waals surface area contributed by atoms with E-state index >= 15 is 0 Å². The zero-order valence-electron chi connectivity index (χ0n) is 26.0. The molecule has 0 aromatic carbocycles. The van der Waals surface area contributed by atoms with Crippen LogP contribution in [0.25, 0.3) is 0 Å². The Morgan fingerprint density at radius 3 is 1.36 bits per heavy atom. The van der Waals surface area contributed by atoms with Crippen molar-refractivity contribution in [2.24, 2.45) is 5.73 Å². The topological polar surface area (TPSA) is 167 Å². The molecule has 11 nitrogen and oxygen atoms in total. The van der Waals surface area contributed by atoms with Crippen LogP contribution < -0.4 is 5.73 Å². The van der Waals surface area contributed by atoms with E-state index in [1.165, 1.54) is 14.2 Å². The quantitative estimate of drug-likeness (QED) is 0.195. The number of pyridine rings is 4. The highest BCUT2D eigenvalue weighted by Gasteiger charge is 2.54. The lowest BCUT2D eigenvalue weighted by Crippen LogP contribution is -2.22. The van der Waals surface area contributed by atoms with Gasteiger partial charge in [-0.1, -0.05) is 54.0 Å². The van der Waals surface area contributed by atoms with E-state index in [4.69, 9.17) is 15.6 Å². The Morgan fingerprint density at radius 2 is 1.04 bits per heavy atom. The van der Waals surface area contributed by atoms with Gasteiger partial charge in [-0.25, -0.2) is 0 Å². The van der Waals surface area contributed by atoms with Crippen molar-refractivity contribution in [2.75, 3.05) is 14.2 Å². The zero-order valence-corrected chi connectivity index (χ0v) is 26.0. The summed E-state index contributed by atoms with van der Waals surface area (Å²) in [5, 5.41) is 8.92. The molecular formula is C39H55N5O6. The summed E-state index contributed by atoms with van der Waals surface area (Å²) < 4.78 is 9.23. The lowest BCUT2D eigenvalue weighted by atomic mass is 10.0. The van der Waals surface area contributed by atoms with Crippen LogP contribution in [0.2, 0.25) is 0 Å². The summed E-state index contributed by atoms with van der Waals surface area (Å²) in [5.41, 5.74) is 8.06. The van der Waals surface area contributed by atoms with Gasteiger partial charge in [-0.15, -0.1) is 0 Å². The van der Waals surface area contributed by atoms with Crippen molar-refractivity contribution in [3.63, 3.8) is 0 Å². The first-order valence-corrected chi connectivity index (χ1v) is 15.0. The predicted octanol–water partition coefficient (Wildman–Crippen LogP) is 6.85. The lowest BCUT2D eigenvalue weighted by Gasteiger charge is -2.10. The van der Waals surface area contributed by atoms with Crippen molar-refractivity contribution in [1.82, 2.24) is 19.9 Å². The van der Waals surface area contributed by atoms with Crippen molar-refractivity contribution in [3.05, 3.63) is 120 Å². The van der Waals surface area contributed by atoms with E-state index in [9.17, 15) is 14.4 Å². The number of carboxylic acids is 1. The van der Waals surface area contributed by atoms with Gasteiger partial charge in [0.05, 0.1) is 49.0 Å². The second-order valence-electron chi connectivity index (χ2n) is 11.3. The predicted molar refractivity (Wildman–Crippen MR) is 196 cm³/mol. The molecule has 4 aromatic heterocycles. The standard InChI is InChI=1S/C10H11NO2.C9H9NO2.C8H10N2.C8H9NO2.4CH4/c1-13-9(12)10(5-6-10)8-4-2-3-7-11-8;11-8(12)9(4-5-9)7-3-1-2-6-10-7;9-8(4-5-8)7-3-1-2-6-10-7;1-11-8(10)6-7-4-2-3-5-9-7;;;;/h2-4,7H,5-6H2,1H3;1-3,6H,4-5H2,(H,11,12);1-3,6H,4-5,9H2;2-5H,6H2,1H3;4*1H4. The Kier molecular flexibility index (Phi) is 18.4. The molecule has 3 saturated carbocycles. The van der Waals surface area contributed by atoms with Crippen molar-refractivity contribution in [1.29, 1.82) is 0 Å². The monoisotopic (exact) mass is 689 g/mol. The third-order valence-electron chi connectivity index (χ3n) is 8.04. The molecule has 3 aliphatic rings. The fraction of sp³-hybridized carbons (Fsp3) is 0.410. The maximum atomic E-state index is 11.4. The Morgan fingerprint density at radius 1 is 0.620 bits per heavy atom. The van der Waals surface area contributed by atoms with Crippen LogP contribution in [0.4, 0.5) is 0 Å². The molecule has 0 saturated heterocycles. The number of carboxylic acid groups (broad SMARTS) is 1. The molecule has 0 amide bonds. The van der Waals surface area contributed by atoms with Crippen molar-refractivity contribution >= 4 is 17.9 Å². The fourth-order valence-corrected chi connectivity index (χ4v) is 4.65. The Bertz CT molecular complexity index is 1560. The maximum Gasteiger partial charge on any atom is 0.317 e. The van der Waals surface area contributed by atoms with E-state index in [-0.39, 0.29) is 53.6 Å². The minimum atomic E-state index is -0.749. The summed E-state index contributed by atoms with van der Waals surface area (Å²) in [6.07, 6.45) is 12.4. The highest BCUT2D eigenvalue weighted by atomic mass is 16.5. The second kappa shape index (κ2) is 20.5. The summed E-state index contributed by atoms with van der Waals surface area (Å²) in [5.74, 6) is -1.17. The molecule has 50 heavy (non-hydrogen) atoms. The average Bonchev–Trinajstić information content (AvgIpc) is 3.99. The summed E-state index contributed by atoms with van der Waals surface area (Å²) in [6.45, 7) is 0. The largest absolute Gasteiger partial charge is 0.481 e. The molecule has 0 radical (unpaired) electrons. The van der Waals surface area contributed by atoms with Gasteiger partial charge in [0, 0.05) is 24.8 Å². The number of methoxy groups -OCH3 is 2. The molecule has 0 unspecified atom stereocenters.